The molecule has 0 aromatic heterocycles. The summed E-state index contributed by atoms with van der Waals surface area (Å²) in [6, 6.07) is 28.3. The summed E-state index contributed by atoms with van der Waals surface area (Å²) in [4.78, 5) is 12.9. The van der Waals surface area contributed by atoms with Gasteiger partial charge < -0.3 is 10.1 Å². The third-order valence-corrected chi connectivity index (χ3v) is 6.52. The maximum absolute atomic E-state index is 12.8. The van der Waals surface area contributed by atoms with Crippen molar-refractivity contribution in [2.24, 2.45) is 0 Å². The number of carbonyl (C=O) groups is 1. The van der Waals surface area contributed by atoms with E-state index in [1.807, 2.05) is 55.5 Å². The summed E-state index contributed by atoms with van der Waals surface area (Å²) in [7, 11) is -3.73. The number of anilines is 2. The number of benzene rings is 4. The molecule has 0 bridgehead atoms. The van der Waals surface area contributed by atoms with Crippen LogP contribution in [0.1, 0.15) is 13.3 Å². The molecule has 0 saturated heterocycles. The van der Waals surface area contributed by atoms with Crippen LogP contribution in [-0.4, -0.2) is 20.4 Å². The smallest absolute Gasteiger partial charge is 0.265 e. The summed E-state index contributed by atoms with van der Waals surface area (Å²) < 4.78 is 33.6. The molecule has 0 spiro atoms. The first-order chi connectivity index (χ1) is 15.9. The Hall–Kier alpha value is -3.84. The van der Waals surface area contributed by atoms with Crippen LogP contribution in [0.15, 0.2) is 102 Å². The Morgan fingerprint density at radius 3 is 2.18 bits per heavy atom. The highest BCUT2D eigenvalue weighted by molar-refractivity contribution is 7.92. The monoisotopic (exact) mass is 460 g/mol. The van der Waals surface area contributed by atoms with E-state index in [1.165, 1.54) is 12.1 Å². The molecule has 4 aromatic carbocycles. The summed E-state index contributed by atoms with van der Waals surface area (Å²) in [5, 5.41) is 4.93. The van der Waals surface area contributed by atoms with Crippen molar-refractivity contribution in [3.05, 3.63) is 97.1 Å². The minimum Gasteiger partial charge on any atom is -0.481 e. The van der Waals surface area contributed by atoms with E-state index in [-0.39, 0.29) is 10.8 Å². The summed E-state index contributed by atoms with van der Waals surface area (Å²) >= 11 is 0. The molecule has 0 radical (unpaired) electrons. The molecule has 0 saturated carbocycles. The predicted octanol–water partition coefficient (Wildman–Crippen LogP) is 5.44. The van der Waals surface area contributed by atoms with Crippen molar-refractivity contribution in [2.75, 3.05) is 10.0 Å². The number of ether oxygens (including phenoxy) is 1. The molecule has 168 valence electrons. The number of fused-ring (bicyclic) bond motifs is 1. The first kappa shape index (κ1) is 22.4. The zero-order valence-electron chi connectivity index (χ0n) is 18.1. The van der Waals surface area contributed by atoms with E-state index in [1.54, 1.807) is 36.4 Å². The molecule has 0 aliphatic rings. The molecule has 0 unspecified atom stereocenters. The van der Waals surface area contributed by atoms with Crippen molar-refractivity contribution < 1.29 is 17.9 Å². The number of nitrogens with one attached hydrogen (secondary N) is 2. The van der Waals surface area contributed by atoms with Crippen LogP contribution in [-0.2, 0) is 14.8 Å². The quantitative estimate of drug-likeness (QED) is 0.367. The fraction of sp³-hybridized carbons (Fsp3) is 0.115. The number of hydrogen-bond acceptors (Lipinski definition) is 4. The lowest BCUT2D eigenvalue weighted by molar-refractivity contribution is -0.122. The number of para-hydroxylation sites is 1. The number of amides is 1. The Labute approximate surface area is 193 Å². The van der Waals surface area contributed by atoms with Crippen LogP contribution in [0, 0.1) is 0 Å². The van der Waals surface area contributed by atoms with E-state index < -0.39 is 16.1 Å². The minimum atomic E-state index is -3.73. The van der Waals surface area contributed by atoms with Gasteiger partial charge in [-0.15, -0.1) is 0 Å². The highest BCUT2D eigenvalue weighted by Crippen LogP contribution is 2.23. The molecular weight excluding hydrogens is 436 g/mol. The Balaban J connectivity index is 1.42. The number of sulfonamides is 1. The summed E-state index contributed by atoms with van der Waals surface area (Å²) in [5.41, 5.74) is 0.964. The Bertz CT molecular complexity index is 1350. The van der Waals surface area contributed by atoms with Crippen molar-refractivity contribution in [2.45, 2.75) is 24.3 Å². The lowest BCUT2D eigenvalue weighted by Gasteiger charge is -2.18. The van der Waals surface area contributed by atoms with Gasteiger partial charge in [0.05, 0.1) is 4.90 Å². The molecule has 6 nitrogen and oxygen atoms in total. The fourth-order valence-electron chi connectivity index (χ4n) is 3.39. The second kappa shape index (κ2) is 9.75. The lowest BCUT2D eigenvalue weighted by atomic mass is 10.1. The van der Waals surface area contributed by atoms with Crippen molar-refractivity contribution in [1.29, 1.82) is 0 Å². The maximum Gasteiger partial charge on any atom is 0.265 e. The van der Waals surface area contributed by atoms with Crippen LogP contribution < -0.4 is 14.8 Å². The second-order valence-corrected chi connectivity index (χ2v) is 9.19. The van der Waals surface area contributed by atoms with Crippen LogP contribution in [0.2, 0.25) is 0 Å². The highest BCUT2D eigenvalue weighted by atomic mass is 32.2. The molecule has 33 heavy (non-hydrogen) atoms. The van der Waals surface area contributed by atoms with Gasteiger partial charge in [0.15, 0.2) is 6.10 Å². The zero-order chi connectivity index (χ0) is 23.3. The molecule has 2 N–H and O–H groups in total. The molecule has 0 aliphatic heterocycles. The van der Waals surface area contributed by atoms with E-state index in [0.29, 0.717) is 23.5 Å². The van der Waals surface area contributed by atoms with Crippen LogP contribution in [0.4, 0.5) is 11.4 Å². The molecule has 1 atom stereocenters. The predicted molar refractivity (Wildman–Crippen MR) is 131 cm³/mol. The Kier molecular flexibility index (Phi) is 6.60. The molecule has 7 heteroatoms. The number of rotatable bonds is 8. The molecule has 0 aliphatic carbocycles. The van der Waals surface area contributed by atoms with Gasteiger partial charge >= 0.3 is 0 Å². The Morgan fingerprint density at radius 1 is 0.818 bits per heavy atom. The molecule has 1 amide bonds. The molecule has 0 fully saturated rings. The third kappa shape index (κ3) is 5.51. The van der Waals surface area contributed by atoms with Crippen LogP contribution in [0.25, 0.3) is 10.8 Å². The fourth-order valence-corrected chi connectivity index (χ4v) is 4.45. The van der Waals surface area contributed by atoms with E-state index in [2.05, 4.69) is 10.0 Å². The van der Waals surface area contributed by atoms with Gasteiger partial charge in [-0.3, -0.25) is 9.52 Å². The number of hydrogen-bond donors (Lipinski definition) is 2. The van der Waals surface area contributed by atoms with Crippen LogP contribution >= 0.6 is 0 Å². The normalized spacial score (nSPS) is 12.2. The van der Waals surface area contributed by atoms with Gasteiger partial charge in [0.2, 0.25) is 0 Å². The van der Waals surface area contributed by atoms with Crippen LogP contribution in [0.3, 0.4) is 0 Å². The zero-order valence-corrected chi connectivity index (χ0v) is 18.9. The topological polar surface area (TPSA) is 84.5 Å². The van der Waals surface area contributed by atoms with Crippen molar-refractivity contribution in [3.8, 4) is 5.75 Å². The first-order valence-corrected chi connectivity index (χ1v) is 12.1. The maximum atomic E-state index is 12.8. The molecule has 4 aromatic rings. The summed E-state index contributed by atoms with van der Waals surface area (Å²) in [6.45, 7) is 1.87. The number of carbonyl (C=O) groups excluding carboxylic acids is 1. The van der Waals surface area contributed by atoms with Crippen molar-refractivity contribution in [3.63, 3.8) is 0 Å². The largest absolute Gasteiger partial charge is 0.481 e. The molecular formula is C26H24N2O4S. The van der Waals surface area contributed by atoms with E-state index in [0.717, 1.165) is 10.8 Å². The average Bonchev–Trinajstić information content (AvgIpc) is 2.83. The van der Waals surface area contributed by atoms with Gasteiger partial charge in [0, 0.05) is 11.4 Å². The van der Waals surface area contributed by atoms with Crippen molar-refractivity contribution in [1.82, 2.24) is 0 Å². The summed E-state index contributed by atoms with van der Waals surface area (Å²) in [6.07, 6.45) is -0.208. The van der Waals surface area contributed by atoms with Gasteiger partial charge in [0.1, 0.15) is 5.75 Å². The van der Waals surface area contributed by atoms with E-state index in [9.17, 15) is 13.2 Å². The van der Waals surface area contributed by atoms with Crippen LogP contribution in [0.5, 0.6) is 5.75 Å². The van der Waals surface area contributed by atoms with E-state index >= 15 is 0 Å². The van der Waals surface area contributed by atoms with Crippen molar-refractivity contribution >= 4 is 38.1 Å². The highest BCUT2D eigenvalue weighted by Gasteiger charge is 2.20. The van der Waals surface area contributed by atoms with Gasteiger partial charge in [-0.1, -0.05) is 55.5 Å². The molecule has 0 heterocycles. The van der Waals surface area contributed by atoms with Gasteiger partial charge in [-0.05, 0) is 65.7 Å². The summed E-state index contributed by atoms with van der Waals surface area (Å²) in [5.74, 6) is 0.313. The van der Waals surface area contributed by atoms with E-state index in [4.69, 9.17) is 4.74 Å². The minimum absolute atomic E-state index is 0.101. The first-order valence-electron chi connectivity index (χ1n) is 10.6. The third-order valence-electron chi connectivity index (χ3n) is 5.12. The molecule has 4 rings (SSSR count). The standard InChI is InChI=1S/C26H24N2O4S/c1-2-25(32-23-15-12-19-8-6-7-9-20(19)18-23)26(29)27-21-13-16-24(17-14-21)33(30,31)28-22-10-4-3-5-11-22/h3-18,25,28H,2H2,1H3,(H,27,29)/t25-/m0/s1. The lowest BCUT2D eigenvalue weighted by Crippen LogP contribution is -2.32. The SMILES string of the molecule is CC[C@H](Oc1ccc2ccccc2c1)C(=O)Nc1ccc(S(=O)(=O)Nc2ccccc2)cc1. The second-order valence-electron chi connectivity index (χ2n) is 7.51. The van der Waals surface area contributed by atoms with Gasteiger partial charge in [-0.25, -0.2) is 8.42 Å². The van der Waals surface area contributed by atoms with Gasteiger partial charge in [0.25, 0.3) is 15.9 Å². The Morgan fingerprint density at radius 2 is 1.48 bits per heavy atom. The van der Waals surface area contributed by atoms with Gasteiger partial charge in [-0.2, -0.15) is 0 Å². The average molecular weight is 461 g/mol.